The first-order valence-electron chi connectivity index (χ1n) is 6.11. The Morgan fingerprint density at radius 2 is 1.95 bits per heavy atom. The first-order valence-corrected chi connectivity index (χ1v) is 6.86. The number of benzene rings is 1. The monoisotopic (exact) mass is 328 g/mol. The molecule has 0 heterocycles. The predicted octanol–water partition coefficient (Wildman–Crippen LogP) is 4.14. The molecule has 1 atom stereocenters. The Labute approximate surface area is 126 Å². The molecular formula is C13H17Cl2F3N2. The number of hydrogen-bond donors (Lipinski definition) is 1. The lowest BCUT2D eigenvalue weighted by atomic mass is 10.0. The van der Waals surface area contributed by atoms with Crippen molar-refractivity contribution in [2.75, 3.05) is 27.2 Å². The summed E-state index contributed by atoms with van der Waals surface area (Å²) in [5.41, 5.74) is 0.794. The van der Waals surface area contributed by atoms with Crippen LogP contribution in [0.2, 0.25) is 10.0 Å². The van der Waals surface area contributed by atoms with Crippen LogP contribution in [0.5, 0.6) is 0 Å². The molecule has 1 unspecified atom stereocenters. The van der Waals surface area contributed by atoms with E-state index in [0.29, 0.717) is 23.0 Å². The van der Waals surface area contributed by atoms with Gasteiger partial charge in [-0.2, -0.15) is 13.2 Å². The number of hydrogen-bond acceptors (Lipinski definition) is 2. The lowest BCUT2D eigenvalue weighted by Gasteiger charge is -2.23. The van der Waals surface area contributed by atoms with Gasteiger partial charge in [-0.05, 0) is 38.7 Å². The van der Waals surface area contributed by atoms with Crippen LogP contribution in [0.15, 0.2) is 18.2 Å². The molecule has 1 N–H and O–H groups in total. The Kier molecular flexibility index (Phi) is 6.58. The maximum absolute atomic E-state index is 12.3. The van der Waals surface area contributed by atoms with Crippen molar-refractivity contribution in [3.8, 4) is 0 Å². The van der Waals surface area contributed by atoms with Gasteiger partial charge < -0.3 is 5.32 Å². The molecule has 0 fully saturated rings. The van der Waals surface area contributed by atoms with Crippen molar-refractivity contribution >= 4 is 23.2 Å². The van der Waals surface area contributed by atoms with Crippen LogP contribution in [-0.2, 0) is 0 Å². The Bertz CT molecular complexity index is 438. The summed E-state index contributed by atoms with van der Waals surface area (Å²) < 4.78 is 36.8. The summed E-state index contributed by atoms with van der Waals surface area (Å²) in [6.07, 6.45) is -3.68. The molecular weight excluding hydrogens is 312 g/mol. The van der Waals surface area contributed by atoms with E-state index >= 15 is 0 Å². The zero-order chi connectivity index (χ0) is 15.3. The third kappa shape index (κ3) is 5.48. The molecule has 1 aromatic rings. The van der Waals surface area contributed by atoms with Gasteiger partial charge in [0.2, 0.25) is 0 Å². The molecule has 114 valence electrons. The topological polar surface area (TPSA) is 15.3 Å². The molecule has 0 aliphatic rings. The first-order chi connectivity index (χ1) is 9.24. The fraction of sp³-hybridized carbons (Fsp3) is 0.538. The Morgan fingerprint density at radius 3 is 2.50 bits per heavy atom. The van der Waals surface area contributed by atoms with Gasteiger partial charge in [0, 0.05) is 6.04 Å². The van der Waals surface area contributed by atoms with E-state index in [1.807, 2.05) is 6.07 Å². The Hall–Kier alpha value is -0.490. The van der Waals surface area contributed by atoms with Gasteiger partial charge >= 0.3 is 6.18 Å². The molecule has 0 aliphatic heterocycles. The second kappa shape index (κ2) is 7.50. The molecule has 0 radical (unpaired) electrons. The highest BCUT2D eigenvalue weighted by Crippen LogP contribution is 2.31. The van der Waals surface area contributed by atoms with Crippen LogP contribution in [0.3, 0.4) is 0 Å². The zero-order valence-corrected chi connectivity index (χ0v) is 12.8. The van der Waals surface area contributed by atoms with Crippen molar-refractivity contribution in [2.45, 2.75) is 18.6 Å². The lowest BCUT2D eigenvalue weighted by Crippen LogP contribution is -2.33. The van der Waals surface area contributed by atoms with Gasteiger partial charge in [0.05, 0.1) is 16.6 Å². The maximum Gasteiger partial charge on any atom is 0.401 e. The standard InChI is InChI=1S/C13H17Cl2F3N2/c1-19-11(6-7-20(2)8-13(16,17)18)9-4-3-5-10(14)12(9)15/h3-5,11,19H,6-8H2,1-2H3. The summed E-state index contributed by atoms with van der Waals surface area (Å²) in [6.45, 7) is -0.624. The Balaban J connectivity index is 2.66. The summed E-state index contributed by atoms with van der Waals surface area (Å²) in [4.78, 5) is 1.24. The molecule has 20 heavy (non-hydrogen) atoms. The maximum atomic E-state index is 12.3. The molecule has 0 saturated heterocycles. The molecule has 0 aromatic heterocycles. The summed E-state index contributed by atoms with van der Waals surface area (Å²) >= 11 is 12.1. The highest BCUT2D eigenvalue weighted by Gasteiger charge is 2.29. The van der Waals surface area contributed by atoms with Crippen LogP contribution in [-0.4, -0.2) is 38.3 Å². The third-order valence-corrected chi connectivity index (χ3v) is 3.79. The third-order valence-electron chi connectivity index (χ3n) is 2.95. The highest BCUT2D eigenvalue weighted by atomic mass is 35.5. The summed E-state index contributed by atoms with van der Waals surface area (Å²) in [5.74, 6) is 0. The summed E-state index contributed by atoms with van der Waals surface area (Å²) in [6, 6.07) is 5.12. The van der Waals surface area contributed by atoms with Gasteiger partial charge in [0.1, 0.15) is 0 Å². The molecule has 0 spiro atoms. The molecule has 0 amide bonds. The number of halogens is 5. The number of nitrogens with one attached hydrogen (secondary N) is 1. The quantitative estimate of drug-likeness (QED) is 0.844. The molecule has 0 bridgehead atoms. The van der Waals surface area contributed by atoms with Gasteiger partial charge in [-0.3, -0.25) is 4.90 Å². The fourth-order valence-corrected chi connectivity index (χ4v) is 2.42. The van der Waals surface area contributed by atoms with Crippen molar-refractivity contribution in [3.63, 3.8) is 0 Å². The van der Waals surface area contributed by atoms with Gasteiger partial charge in [0.25, 0.3) is 0 Å². The molecule has 1 rings (SSSR count). The van der Waals surface area contributed by atoms with E-state index in [1.54, 1.807) is 19.2 Å². The van der Waals surface area contributed by atoms with E-state index in [0.717, 1.165) is 5.56 Å². The molecule has 2 nitrogen and oxygen atoms in total. The van der Waals surface area contributed by atoms with Crippen LogP contribution in [0.4, 0.5) is 13.2 Å². The molecule has 7 heteroatoms. The van der Waals surface area contributed by atoms with Gasteiger partial charge in [0.15, 0.2) is 0 Å². The van der Waals surface area contributed by atoms with Crippen LogP contribution < -0.4 is 5.32 Å². The van der Waals surface area contributed by atoms with Gasteiger partial charge in [-0.25, -0.2) is 0 Å². The first kappa shape index (κ1) is 17.6. The molecule has 0 saturated carbocycles. The SMILES string of the molecule is CNC(CCN(C)CC(F)(F)F)c1cccc(Cl)c1Cl. The number of rotatable bonds is 6. The van der Waals surface area contributed by atoms with E-state index in [1.165, 1.54) is 11.9 Å². The minimum atomic E-state index is -4.18. The zero-order valence-electron chi connectivity index (χ0n) is 11.3. The van der Waals surface area contributed by atoms with Crippen LogP contribution >= 0.6 is 23.2 Å². The van der Waals surface area contributed by atoms with Crippen molar-refractivity contribution in [2.24, 2.45) is 0 Å². The summed E-state index contributed by atoms with van der Waals surface area (Å²) in [7, 11) is 3.19. The van der Waals surface area contributed by atoms with Crippen LogP contribution in [0, 0.1) is 0 Å². The lowest BCUT2D eigenvalue weighted by molar-refractivity contribution is -0.143. The van der Waals surface area contributed by atoms with Crippen molar-refractivity contribution < 1.29 is 13.2 Å². The van der Waals surface area contributed by atoms with Gasteiger partial charge in [-0.1, -0.05) is 35.3 Å². The van der Waals surface area contributed by atoms with Crippen LogP contribution in [0.1, 0.15) is 18.0 Å². The van der Waals surface area contributed by atoms with Crippen LogP contribution in [0.25, 0.3) is 0 Å². The fourth-order valence-electron chi connectivity index (χ4n) is 1.98. The smallest absolute Gasteiger partial charge is 0.313 e. The van der Waals surface area contributed by atoms with E-state index in [2.05, 4.69) is 5.32 Å². The van der Waals surface area contributed by atoms with E-state index < -0.39 is 12.7 Å². The van der Waals surface area contributed by atoms with Crippen molar-refractivity contribution in [3.05, 3.63) is 33.8 Å². The van der Waals surface area contributed by atoms with Gasteiger partial charge in [-0.15, -0.1) is 0 Å². The van der Waals surface area contributed by atoms with Crippen molar-refractivity contribution in [1.82, 2.24) is 10.2 Å². The summed E-state index contributed by atoms with van der Waals surface area (Å²) in [5, 5.41) is 3.93. The second-order valence-electron chi connectivity index (χ2n) is 4.63. The van der Waals surface area contributed by atoms with E-state index in [-0.39, 0.29) is 6.04 Å². The highest BCUT2D eigenvalue weighted by molar-refractivity contribution is 6.42. The second-order valence-corrected chi connectivity index (χ2v) is 5.41. The average Bonchev–Trinajstić information content (AvgIpc) is 2.32. The minimum absolute atomic E-state index is 0.142. The van der Waals surface area contributed by atoms with E-state index in [4.69, 9.17) is 23.2 Å². The normalized spacial score (nSPS) is 13.8. The number of nitrogens with zero attached hydrogens (tertiary/aromatic N) is 1. The predicted molar refractivity (Wildman–Crippen MR) is 76.4 cm³/mol. The minimum Gasteiger partial charge on any atom is -0.313 e. The molecule has 0 aliphatic carbocycles. The molecule has 1 aromatic carbocycles. The largest absolute Gasteiger partial charge is 0.401 e. The average molecular weight is 329 g/mol. The van der Waals surface area contributed by atoms with E-state index in [9.17, 15) is 13.2 Å². The van der Waals surface area contributed by atoms with Crippen molar-refractivity contribution in [1.29, 1.82) is 0 Å². The number of alkyl halides is 3. The Morgan fingerprint density at radius 1 is 1.30 bits per heavy atom.